The third-order valence-corrected chi connectivity index (χ3v) is 4.17. The molecule has 0 radical (unpaired) electrons. The highest BCUT2D eigenvalue weighted by Gasteiger charge is 2.39. The number of aromatic nitrogens is 1. The van der Waals surface area contributed by atoms with Gasteiger partial charge in [0.05, 0.1) is 0 Å². The third kappa shape index (κ3) is 1.81. The lowest BCUT2D eigenvalue weighted by Gasteiger charge is -2.23. The van der Waals surface area contributed by atoms with Crippen LogP contribution >= 0.6 is 0 Å². The average molecular weight is 216 g/mol. The molecule has 2 saturated carbocycles. The molecule has 2 aliphatic rings. The Morgan fingerprint density at radius 3 is 2.69 bits per heavy atom. The van der Waals surface area contributed by atoms with Crippen molar-refractivity contribution in [3.05, 3.63) is 23.4 Å². The Kier molecular flexibility index (Phi) is 2.38. The first kappa shape index (κ1) is 10.1. The van der Waals surface area contributed by atoms with E-state index >= 15 is 0 Å². The zero-order valence-electron chi connectivity index (χ0n) is 10.2. The number of hydrogen-bond acceptors (Lipinski definition) is 2. The number of pyridine rings is 1. The van der Waals surface area contributed by atoms with Gasteiger partial charge in [-0.3, -0.25) is 0 Å². The summed E-state index contributed by atoms with van der Waals surface area (Å²) < 4.78 is 0. The van der Waals surface area contributed by atoms with Crippen molar-refractivity contribution < 1.29 is 0 Å². The molecule has 86 valence electrons. The number of anilines is 1. The van der Waals surface area contributed by atoms with Crippen LogP contribution < -0.4 is 5.32 Å². The maximum atomic E-state index is 4.57. The fourth-order valence-electron chi connectivity index (χ4n) is 3.53. The Balaban J connectivity index is 1.74. The molecule has 2 fully saturated rings. The van der Waals surface area contributed by atoms with E-state index < -0.39 is 0 Å². The van der Waals surface area contributed by atoms with Gasteiger partial charge in [0.25, 0.3) is 0 Å². The first-order valence-corrected chi connectivity index (χ1v) is 6.42. The van der Waals surface area contributed by atoms with E-state index in [1.54, 1.807) is 0 Å². The van der Waals surface area contributed by atoms with Crippen LogP contribution in [-0.4, -0.2) is 11.0 Å². The molecule has 3 unspecified atom stereocenters. The maximum Gasteiger partial charge on any atom is 0.126 e. The van der Waals surface area contributed by atoms with Crippen LogP contribution in [0, 0.1) is 25.7 Å². The van der Waals surface area contributed by atoms with Crippen LogP contribution in [0.5, 0.6) is 0 Å². The van der Waals surface area contributed by atoms with Crippen molar-refractivity contribution in [3.8, 4) is 0 Å². The summed E-state index contributed by atoms with van der Waals surface area (Å²) in [5, 5.41) is 3.64. The fourth-order valence-corrected chi connectivity index (χ4v) is 3.53. The number of rotatable bonds is 2. The summed E-state index contributed by atoms with van der Waals surface area (Å²) in [6, 6.07) is 4.98. The molecule has 2 bridgehead atoms. The van der Waals surface area contributed by atoms with Crippen LogP contribution in [0.1, 0.15) is 36.9 Å². The summed E-state index contributed by atoms with van der Waals surface area (Å²) in [6.45, 7) is 4.21. The van der Waals surface area contributed by atoms with Crippen LogP contribution in [0.3, 0.4) is 0 Å². The van der Waals surface area contributed by atoms with Crippen LogP contribution in [-0.2, 0) is 0 Å². The minimum absolute atomic E-state index is 0.687. The van der Waals surface area contributed by atoms with Crippen molar-refractivity contribution >= 4 is 5.82 Å². The predicted molar refractivity (Wildman–Crippen MR) is 66.6 cm³/mol. The Hall–Kier alpha value is -1.05. The normalized spacial score (nSPS) is 32.0. The Morgan fingerprint density at radius 1 is 1.19 bits per heavy atom. The van der Waals surface area contributed by atoms with E-state index in [9.17, 15) is 0 Å². The summed E-state index contributed by atoms with van der Waals surface area (Å²) in [6.07, 6.45) is 5.69. The van der Waals surface area contributed by atoms with Gasteiger partial charge in [-0.25, -0.2) is 4.98 Å². The SMILES string of the molecule is Cc1cc(C)nc(NC2CC3CCC2C3)c1. The Bertz CT molecular complexity index is 379. The molecule has 0 aromatic carbocycles. The minimum Gasteiger partial charge on any atom is -0.367 e. The van der Waals surface area contributed by atoms with Gasteiger partial charge in [-0.2, -0.15) is 0 Å². The van der Waals surface area contributed by atoms with Crippen molar-refractivity contribution in [1.82, 2.24) is 4.98 Å². The molecule has 0 spiro atoms. The van der Waals surface area contributed by atoms with Gasteiger partial charge < -0.3 is 5.32 Å². The van der Waals surface area contributed by atoms with E-state index in [0.717, 1.165) is 23.3 Å². The standard InChI is InChI=1S/C14H20N2/c1-9-5-10(2)15-14(6-9)16-13-8-11-3-4-12(13)7-11/h5-6,11-13H,3-4,7-8H2,1-2H3,(H,15,16). The second-order valence-electron chi connectivity index (χ2n) is 5.60. The second kappa shape index (κ2) is 3.76. The van der Waals surface area contributed by atoms with E-state index in [1.165, 1.54) is 31.2 Å². The summed E-state index contributed by atoms with van der Waals surface area (Å²) in [5.74, 6) is 2.98. The van der Waals surface area contributed by atoms with E-state index in [0.29, 0.717) is 6.04 Å². The quantitative estimate of drug-likeness (QED) is 0.820. The van der Waals surface area contributed by atoms with E-state index in [2.05, 4.69) is 36.3 Å². The summed E-state index contributed by atoms with van der Waals surface area (Å²) in [4.78, 5) is 4.57. The van der Waals surface area contributed by atoms with Gasteiger partial charge in [0, 0.05) is 11.7 Å². The molecule has 0 aliphatic heterocycles. The number of aryl methyl sites for hydroxylation is 2. The van der Waals surface area contributed by atoms with Crippen molar-refractivity contribution in [2.24, 2.45) is 11.8 Å². The maximum absolute atomic E-state index is 4.57. The summed E-state index contributed by atoms with van der Waals surface area (Å²) in [5.41, 5.74) is 2.42. The lowest BCUT2D eigenvalue weighted by atomic mass is 9.95. The summed E-state index contributed by atoms with van der Waals surface area (Å²) >= 11 is 0. The molecule has 16 heavy (non-hydrogen) atoms. The number of nitrogens with one attached hydrogen (secondary N) is 1. The molecule has 1 N–H and O–H groups in total. The Morgan fingerprint density at radius 2 is 2.06 bits per heavy atom. The van der Waals surface area contributed by atoms with Crippen LogP contribution in [0.15, 0.2) is 12.1 Å². The highest BCUT2D eigenvalue weighted by Crippen LogP contribution is 2.45. The topological polar surface area (TPSA) is 24.9 Å². The highest BCUT2D eigenvalue weighted by atomic mass is 15.0. The van der Waals surface area contributed by atoms with E-state index in [1.807, 2.05) is 0 Å². The molecule has 2 aliphatic carbocycles. The molecule has 3 rings (SSSR count). The second-order valence-corrected chi connectivity index (χ2v) is 5.60. The van der Waals surface area contributed by atoms with Crippen LogP contribution in [0.25, 0.3) is 0 Å². The smallest absolute Gasteiger partial charge is 0.126 e. The van der Waals surface area contributed by atoms with Crippen molar-refractivity contribution in [2.75, 3.05) is 5.32 Å². The lowest BCUT2D eigenvalue weighted by Crippen LogP contribution is -2.26. The van der Waals surface area contributed by atoms with Crippen molar-refractivity contribution in [2.45, 2.75) is 45.6 Å². The Labute approximate surface area is 97.5 Å². The minimum atomic E-state index is 0.687. The molecule has 3 atom stereocenters. The van der Waals surface area contributed by atoms with E-state index in [4.69, 9.17) is 0 Å². The molecule has 1 heterocycles. The van der Waals surface area contributed by atoms with Crippen LogP contribution in [0.4, 0.5) is 5.82 Å². The molecule has 2 nitrogen and oxygen atoms in total. The monoisotopic (exact) mass is 216 g/mol. The molecule has 0 amide bonds. The van der Waals surface area contributed by atoms with Gasteiger partial charge in [-0.05, 0) is 62.6 Å². The van der Waals surface area contributed by atoms with Gasteiger partial charge in [0.1, 0.15) is 5.82 Å². The highest BCUT2D eigenvalue weighted by molar-refractivity contribution is 5.40. The molecule has 2 heteroatoms. The third-order valence-electron chi connectivity index (χ3n) is 4.17. The predicted octanol–water partition coefficient (Wildman–Crippen LogP) is 3.30. The average Bonchev–Trinajstić information content (AvgIpc) is 2.77. The van der Waals surface area contributed by atoms with Gasteiger partial charge in [-0.1, -0.05) is 6.42 Å². The van der Waals surface area contributed by atoms with Gasteiger partial charge in [0.2, 0.25) is 0 Å². The molecule has 1 aromatic heterocycles. The molecular formula is C14H20N2. The van der Waals surface area contributed by atoms with Gasteiger partial charge in [0.15, 0.2) is 0 Å². The fraction of sp³-hybridized carbons (Fsp3) is 0.643. The molecule has 1 aromatic rings. The molecular weight excluding hydrogens is 196 g/mol. The van der Waals surface area contributed by atoms with Crippen LogP contribution in [0.2, 0.25) is 0 Å². The number of fused-ring (bicyclic) bond motifs is 2. The zero-order chi connectivity index (χ0) is 11.1. The largest absolute Gasteiger partial charge is 0.367 e. The lowest BCUT2D eigenvalue weighted by molar-refractivity contribution is 0.439. The van der Waals surface area contributed by atoms with Crippen molar-refractivity contribution in [1.29, 1.82) is 0 Å². The summed E-state index contributed by atoms with van der Waals surface area (Å²) in [7, 11) is 0. The van der Waals surface area contributed by atoms with E-state index in [-0.39, 0.29) is 0 Å². The van der Waals surface area contributed by atoms with Gasteiger partial charge in [-0.15, -0.1) is 0 Å². The van der Waals surface area contributed by atoms with Crippen molar-refractivity contribution in [3.63, 3.8) is 0 Å². The zero-order valence-corrected chi connectivity index (χ0v) is 10.2. The van der Waals surface area contributed by atoms with Gasteiger partial charge >= 0.3 is 0 Å². The number of hydrogen-bond donors (Lipinski definition) is 1. The first-order valence-electron chi connectivity index (χ1n) is 6.42. The first-order chi connectivity index (χ1) is 7.70. The number of nitrogens with zero attached hydrogens (tertiary/aromatic N) is 1. The molecule has 0 saturated heterocycles.